The number of rotatable bonds is 6. The molecule has 2 rings (SSSR count). The van der Waals surface area contributed by atoms with Crippen LogP contribution in [0.15, 0.2) is 48.5 Å². The molecule has 2 N–H and O–H groups in total. The smallest absolute Gasteiger partial charge is 0.337 e. The molecule has 6 heteroatoms. The van der Waals surface area contributed by atoms with Crippen molar-refractivity contribution >= 4 is 23.5 Å². The fourth-order valence-corrected chi connectivity index (χ4v) is 2.61. The number of hydrogen-bond donors (Lipinski definition) is 2. The summed E-state index contributed by atoms with van der Waals surface area (Å²) in [5.74, 6) is -1.16. The Hall–Kier alpha value is -3.15. The van der Waals surface area contributed by atoms with E-state index < -0.39 is 12.0 Å². The zero-order chi connectivity index (χ0) is 20.0. The van der Waals surface area contributed by atoms with Gasteiger partial charge in [0, 0.05) is 11.3 Å². The van der Waals surface area contributed by atoms with Crippen molar-refractivity contribution in [3.8, 4) is 0 Å². The van der Waals surface area contributed by atoms with Crippen molar-refractivity contribution in [3.05, 3.63) is 65.2 Å². The van der Waals surface area contributed by atoms with Crippen molar-refractivity contribution < 1.29 is 19.1 Å². The van der Waals surface area contributed by atoms with Crippen LogP contribution < -0.4 is 10.6 Å². The van der Waals surface area contributed by atoms with Crippen molar-refractivity contribution in [1.29, 1.82) is 0 Å². The number of benzene rings is 2. The Kier molecular flexibility index (Phi) is 6.71. The zero-order valence-electron chi connectivity index (χ0n) is 15.9. The van der Waals surface area contributed by atoms with Crippen LogP contribution in [0.3, 0.4) is 0 Å². The Bertz CT molecular complexity index is 831. The van der Waals surface area contributed by atoms with Crippen LogP contribution in [0.2, 0.25) is 0 Å². The second kappa shape index (κ2) is 8.98. The Labute approximate surface area is 158 Å². The van der Waals surface area contributed by atoms with E-state index in [0.717, 1.165) is 5.56 Å². The number of ether oxygens (including phenoxy) is 1. The minimum atomic E-state index is -0.697. The number of amides is 2. The van der Waals surface area contributed by atoms with E-state index in [9.17, 15) is 14.4 Å². The molecule has 0 unspecified atom stereocenters. The highest BCUT2D eigenvalue weighted by Gasteiger charge is 2.25. The highest BCUT2D eigenvalue weighted by molar-refractivity contribution is 6.01. The van der Waals surface area contributed by atoms with Crippen LogP contribution in [0, 0.1) is 12.8 Å². The van der Waals surface area contributed by atoms with Crippen molar-refractivity contribution in [2.24, 2.45) is 5.92 Å². The first-order chi connectivity index (χ1) is 12.8. The quantitative estimate of drug-likeness (QED) is 0.767. The molecule has 142 valence electrons. The summed E-state index contributed by atoms with van der Waals surface area (Å²) in [6.45, 7) is 5.51. The predicted octanol–water partition coefficient (Wildman–Crippen LogP) is 3.17. The summed E-state index contributed by atoms with van der Waals surface area (Å²) in [6.07, 6.45) is 0. The third kappa shape index (κ3) is 5.17. The molecule has 0 aliphatic rings. The van der Waals surface area contributed by atoms with E-state index in [1.54, 1.807) is 49.4 Å². The van der Waals surface area contributed by atoms with Crippen LogP contribution in [0.4, 0.5) is 5.69 Å². The van der Waals surface area contributed by atoms with Gasteiger partial charge in [0.25, 0.3) is 5.91 Å². The minimum absolute atomic E-state index is 0.104. The van der Waals surface area contributed by atoms with E-state index in [4.69, 9.17) is 4.74 Å². The summed E-state index contributed by atoms with van der Waals surface area (Å²) in [7, 11) is 1.32. The SMILES string of the molecule is COC(=O)c1ccc(NC(=O)[C@@H](NC(=O)c2ccccc2)C(C)C)c(C)c1. The van der Waals surface area contributed by atoms with Crippen LogP contribution in [0.5, 0.6) is 0 Å². The second-order valence-corrected chi connectivity index (χ2v) is 6.57. The number of carbonyl (C=O) groups is 3. The number of anilines is 1. The molecule has 27 heavy (non-hydrogen) atoms. The van der Waals surface area contributed by atoms with Gasteiger partial charge >= 0.3 is 5.97 Å². The molecule has 1 atom stereocenters. The maximum absolute atomic E-state index is 12.7. The van der Waals surface area contributed by atoms with Crippen LogP contribution >= 0.6 is 0 Å². The Morgan fingerprint density at radius 3 is 2.19 bits per heavy atom. The second-order valence-electron chi connectivity index (χ2n) is 6.57. The van der Waals surface area contributed by atoms with Gasteiger partial charge in [-0.15, -0.1) is 0 Å². The third-order valence-corrected chi connectivity index (χ3v) is 4.18. The molecule has 0 saturated heterocycles. The lowest BCUT2D eigenvalue weighted by molar-refractivity contribution is -0.118. The first kappa shape index (κ1) is 20.2. The Morgan fingerprint density at radius 1 is 0.963 bits per heavy atom. The standard InChI is InChI=1S/C21H24N2O4/c1-13(2)18(23-19(24)15-8-6-5-7-9-15)20(25)22-17-11-10-16(12-14(17)3)21(26)27-4/h5-13,18H,1-4H3,(H,22,25)(H,23,24)/t18-/m0/s1. The largest absolute Gasteiger partial charge is 0.465 e. The highest BCUT2D eigenvalue weighted by atomic mass is 16.5. The summed E-state index contributed by atoms with van der Waals surface area (Å²) >= 11 is 0. The molecule has 2 aromatic rings. The zero-order valence-corrected chi connectivity index (χ0v) is 15.9. The fourth-order valence-electron chi connectivity index (χ4n) is 2.61. The first-order valence-electron chi connectivity index (χ1n) is 8.69. The summed E-state index contributed by atoms with van der Waals surface area (Å²) < 4.78 is 4.69. The predicted molar refractivity (Wildman–Crippen MR) is 104 cm³/mol. The van der Waals surface area contributed by atoms with Crippen LogP contribution in [-0.2, 0) is 9.53 Å². The molecule has 0 aliphatic heterocycles. The summed E-state index contributed by atoms with van der Waals surface area (Å²) in [5, 5.41) is 5.61. The number of aryl methyl sites for hydroxylation is 1. The highest BCUT2D eigenvalue weighted by Crippen LogP contribution is 2.18. The van der Waals surface area contributed by atoms with Crippen molar-refractivity contribution in [2.75, 3.05) is 12.4 Å². The van der Waals surface area contributed by atoms with E-state index in [2.05, 4.69) is 10.6 Å². The lowest BCUT2D eigenvalue weighted by Crippen LogP contribution is -2.47. The molecule has 0 aliphatic carbocycles. The molecule has 2 amide bonds. The van der Waals surface area contributed by atoms with Gasteiger partial charge in [0.1, 0.15) is 6.04 Å². The van der Waals surface area contributed by atoms with E-state index in [-0.39, 0.29) is 17.7 Å². The van der Waals surface area contributed by atoms with Gasteiger partial charge in [-0.3, -0.25) is 9.59 Å². The fraction of sp³-hybridized carbons (Fsp3) is 0.286. The molecule has 0 saturated carbocycles. The Morgan fingerprint density at radius 2 is 1.63 bits per heavy atom. The number of methoxy groups -OCH3 is 1. The summed E-state index contributed by atoms with van der Waals surface area (Å²) in [5.41, 5.74) is 2.20. The lowest BCUT2D eigenvalue weighted by Gasteiger charge is -2.22. The minimum Gasteiger partial charge on any atom is -0.465 e. The average Bonchev–Trinajstić information content (AvgIpc) is 2.67. The number of carbonyl (C=O) groups excluding carboxylic acids is 3. The van der Waals surface area contributed by atoms with Gasteiger partial charge in [-0.1, -0.05) is 32.0 Å². The lowest BCUT2D eigenvalue weighted by atomic mass is 10.0. The molecule has 0 spiro atoms. The van der Waals surface area contributed by atoms with Crippen LogP contribution in [-0.4, -0.2) is 30.9 Å². The summed E-state index contributed by atoms with van der Waals surface area (Å²) in [6, 6.07) is 12.9. The van der Waals surface area contributed by atoms with Gasteiger partial charge in [0.15, 0.2) is 0 Å². The monoisotopic (exact) mass is 368 g/mol. The molecular formula is C21H24N2O4. The van der Waals surface area contributed by atoms with Crippen molar-refractivity contribution in [1.82, 2.24) is 5.32 Å². The molecule has 0 bridgehead atoms. The van der Waals surface area contributed by atoms with E-state index in [0.29, 0.717) is 16.8 Å². The van der Waals surface area contributed by atoms with Crippen molar-refractivity contribution in [2.45, 2.75) is 26.8 Å². The molecule has 0 fully saturated rings. The van der Waals surface area contributed by atoms with E-state index >= 15 is 0 Å². The average molecular weight is 368 g/mol. The van der Waals surface area contributed by atoms with Gasteiger partial charge in [-0.05, 0) is 48.7 Å². The van der Waals surface area contributed by atoms with Gasteiger partial charge in [0.2, 0.25) is 5.91 Å². The summed E-state index contributed by atoms with van der Waals surface area (Å²) in [4.78, 5) is 36.7. The van der Waals surface area contributed by atoms with Gasteiger partial charge in [0.05, 0.1) is 12.7 Å². The molecule has 2 aromatic carbocycles. The van der Waals surface area contributed by atoms with E-state index in [1.807, 2.05) is 19.9 Å². The third-order valence-electron chi connectivity index (χ3n) is 4.18. The molecule has 0 radical (unpaired) electrons. The number of hydrogen-bond acceptors (Lipinski definition) is 4. The topological polar surface area (TPSA) is 84.5 Å². The number of esters is 1. The van der Waals surface area contributed by atoms with Gasteiger partial charge in [-0.25, -0.2) is 4.79 Å². The van der Waals surface area contributed by atoms with Gasteiger partial charge < -0.3 is 15.4 Å². The van der Waals surface area contributed by atoms with E-state index in [1.165, 1.54) is 7.11 Å². The molecule has 0 heterocycles. The van der Waals surface area contributed by atoms with Crippen LogP contribution in [0.1, 0.15) is 40.1 Å². The maximum Gasteiger partial charge on any atom is 0.337 e. The number of nitrogens with one attached hydrogen (secondary N) is 2. The molecular weight excluding hydrogens is 344 g/mol. The normalized spacial score (nSPS) is 11.6. The maximum atomic E-state index is 12.7. The molecule has 6 nitrogen and oxygen atoms in total. The molecule has 0 aromatic heterocycles. The Balaban J connectivity index is 2.13. The van der Waals surface area contributed by atoms with Crippen LogP contribution in [0.25, 0.3) is 0 Å². The first-order valence-corrected chi connectivity index (χ1v) is 8.69. The van der Waals surface area contributed by atoms with Crippen molar-refractivity contribution in [3.63, 3.8) is 0 Å². The van der Waals surface area contributed by atoms with Gasteiger partial charge in [-0.2, -0.15) is 0 Å².